The fourth-order valence-corrected chi connectivity index (χ4v) is 2.79. The minimum absolute atomic E-state index is 0.661. The first-order valence-electron chi connectivity index (χ1n) is 7.68. The number of hydrogen-bond acceptors (Lipinski definition) is 4. The second-order valence-corrected chi connectivity index (χ2v) is 6.01. The second-order valence-electron chi connectivity index (χ2n) is 5.20. The Balaban J connectivity index is 2.02. The number of anilines is 1. The van der Waals surface area contributed by atoms with Crippen molar-refractivity contribution in [2.75, 3.05) is 5.32 Å². The van der Waals surface area contributed by atoms with Crippen molar-refractivity contribution in [3.63, 3.8) is 0 Å². The van der Waals surface area contributed by atoms with Crippen LogP contribution in [0.3, 0.4) is 0 Å². The molecular weight excluding hydrogens is 366 g/mol. The fourth-order valence-electron chi connectivity index (χ4n) is 2.41. The number of pyridine rings is 1. The first-order valence-corrected chi connectivity index (χ1v) is 8.48. The molecule has 0 fully saturated rings. The third-order valence-corrected chi connectivity index (χ3v) is 4.20. The van der Waals surface area contributed by atoms with Gasteiger partial charge in [0.2, 0.25) is 0 Å². The standard InChI is InChI=1S/C18H18BrN5/c1-3-5-14(4-2)15-12-24-16(19)11-22-18(24)17(23-15)21-10-13-6-8-20-9-7-13/h3-9,11-12H,10H2,1-2H3,(H,21,23)/b5-3-,14-4+. The summed E-state index contributed by atoms with van der Waals surface area (Å²) in [6.07, 6.45) is 13.4. The van der Waals surface area contributed by atoms with E-state index >= 15 is 0 Å². The SMILES string of the molecule is C/C=C\C(=C/C)c1cn2c(Br)cnc2c(NCc2ccncc2)n1. The molecule has 6 heteroatoms. The lowest BCUT2D eigenvalue weighted by Gasteiger charge is -2.11. The molecule has 3 rings (SSSR count). The van der Waals surface area contributed by atoms with Gasteiger partial charge in [0.05, 0.1) is 11.9 Å². The van der Waals surface area contributed by atoms with Crippen LogP contribution >= 0.6 is 15.9 Å². The van der Waals surface area contributed by atoms with Crippen molar-refractivity contribution < 1.29 is 0 Å². The van der Waals surface area contributed by atoms with Crippen LogP contribution in [0.2, 0.25) is 0 Å². The van der Waals surface area contributed by atoms with Crippen LogP contribution in [0.1, 0.15) is 25.1 Å². The minimum atomic E-state index is 0.661. The van der Waals surface area contributed by atoms with Gasteiger partial charge in [-0.2, -0.15) is 0 Å². The Hall–Kier alpha value is -2.47. The average molecular weight is 384 g/mol. The van der Waals surface area contributed by atoms with Crippen LogP contribution in [0.15, 0.2) is 59.8 Å². The number of rotatable bonds is 5. The molecule has 0 unspecified atom stereocenters. The number of nitrogens with one attached hydrogen (secondary N) is 1. The van der Waals surface area contributed by atoms with Crippen molar-refractivity contribution in [3.8, 4) is 0 Å². The number of fused-ring (bicyclic) bond motifs is 1. The van der Waals surface area contributed by atoms with E-state index in [1.165, 1.54) is 0 Å². The highest BCUT2D eigenvalue weighted by atomic mass is 79.9. The lowest BCUT2D eigenvalue weighted by molar-refractivity contribution is 1.04. The third kappa shape index (κ3) is 3.38. The van der Waals surface area contributed by atoms with Crippen LogP contribution in [-0.2, 0) is 6.54 Å². The first kappa shape index (κ1) is 16.4. The molecule has 0 aliphatic carbocycles. The maximum atomic E-state index is 4.77. The summed E-state index contributed by atoms with van der Waals surface area (Å²) >= 11 is 3.54. The van der Waals surface area contributed by atoms with Gasteiger partial charge in [0.1, 0.15) is 4.60 Å². The summed E-state index contributed by atoms with van der Waals surface area (Å²) in [6, 6.07) is 3.96. The molecule has 122 valence electrons. The molecule has 24 heavy (non-hydrogen) atoms. The van der Waals surface area contributed by atoms with Gasteiger partial charge in [-0.25, -0.2) is 9.97 Å². The molecule has 0 aliphatic heterocycles. The van der Waals surface area contributed by atoms with E-state index in [9.17, 15) is 0 Å². The normalized spacial score (nSPS) is 12.2. The zero-order valence-electron chi connectivity index (χ0n) is 13.6. The Morgan fingerprint density at radius 2 is 2.08 bits per heavy atom. The number of nitrogens with zero attached hydrogens (tertiary/aromatic N) is 4. The maximum absolute atomic E-state index is 4.77. The van der Waals surface area contributed by atoms with E-state index in [4.69, 9.17) is 4.98 Å². The lowest BCUT2D eigenvalue weighted by Crippen LogP contribution is -2.06. The molecule has 0 atom stereocenters. The third-order valence-electron chi connectivity index (χ3n) is 3.61. The Morgan fingerprint density at radius 1 is 1.29 bits per heavy atom. The van der Waals surface area contributed by atoms with Crippen molar-refractivity contribution in [2.24, 2.45) is 0 Å². The van der Waals surface area contributed by atoms with Gasteiger partial charge in [-0.05, 0) is 53.0 Å². The Morgan fingerprint density at radius 3 is 2.79 bits per heavy atom. The zero-order chi connectivity index (χ0) is 16.9. The van der Waals surface area contributed by atoms with Gasteiger partial charge in [0.15, 0.2) is 11.5 Å². The predicted molar refractivity (Wildman–Crippen MR) is 101 cm³/mol. The van der Waals surface area contributed by atoms with Crippen LogP contribution in [-0.4, -0.2) is 19.4 Å². The summed E-state index contributed by atoms with van der Waals surface area (Å²) in [7, 11) is 0. The monoisotopic (exact) mass is 383 g/mol. The van der Waals surface area contributed by atoms with Gasteiger partial charge in [-0.15, -0.1) is 0 Å². The molecule has 0 amide bonds. The molecular formula is C18H18BrN5. The number of imidazole rings is 1. The van der Waals surface area contributed by atoms with E-state index in [2.05, 4.69) is 31.2 Å². The van der Waals surface area contributed by atoms with Crippen molar-refractivity contribution in [3.05, 3.63) is 71.0 Å². The number of halogens is 1. The molecule has 0 spiro atoms. The molecule has 0 bridgehead atoms. The van der Waals surface area contributed by atoms with Crippen LogP contribution in [0.25, 0.3) is 11.2 Å². The molecule has 0 aromatic carbocycles. The Labute approximate surface area is 149 Å². The smallest absolute Gasteiger partial charge is 0.181 e. The molecule has 3 heterocycles. The maximum Gasteiger partial charge on any atom is 0.181 e. The summed E-state index contributed by atoms with van der Waals surface area (Å²) in [6.45, 7) is 4.67. The first-order chi connectivity index (χ1) is 11.7. The Kier molecular flexibility index (Phi) is 5.05. The van der Waals surface area contributed by atoms with Crippen molar-refractivity contribution >= 4 is 33.0 Å². The highest BCUT2D eigenvalue weighted by Gasteiger charge is 2.11. The quantitative estimate of drug-likeness (QED) is 0.659. The lowest BCUT2D eigenvalue weighted by atomic mass is 10.1. The Bertz CT molecular complexity index is 896. The van der Waals surface area contributed by atoms with Gasteiger partial charge < -0.3 is 5.32 Å². The van der Waals surface area contributed by atoms with E-state index in [0.717, 1.165) is 32.9 Å². The number of hydrogen-bond donors (Lipinski definition) is 1. The number of allylic oxidation sites excluding steroid dienone is 4. The van der Waals surface area contributed by atoms with E-state index in [1.807, 2.05) is 54.8 Å². The summed E-state index contributed by atoms with van der Waals surface area (Å²) < 4.78 is 2.88. The molecule has 0 saturated carbocycles. The topological polar surface area (TPSA) is 55.1 Å². The number of aromatic nitrogens is 4. The van der Waals surface area contributed by atoms with E-state index in [1.54, 1.807) is 18.6 Å². The van der Waals surface area contributed by atoms with Crippen LogP contribution < -0.4 is 5.32 Å². The summed E-state index contributed by atoms with van der Waals surface area (Å²) in [5.41, 5.74) is 3.88. The van der Waals surface area contributed by atoms with Gasteiger partial charge in [-0.1, -0.05) is 18.2 Å². The van der Waals surface area contributed by atoms with Gasteiger partial charge in [0.25, 0.3) is 0 Å². The highest BCUT2D eigenvalue weighted by Crippen LogP contribution is 2.24. The van der Waals surface area contributed by atoms with Gasteiger partial charge >= 0.3 is 0 Å². The average Bonchev–Trinajstić information content (AvgIpc) is 2.99. The summed E-state index contributed by atoms with van der Waals surface area (Å²) in [4.78, 5) is 13.3. The minimum Gasteiger partial charge on any atom is -0.363 e. The molecule has 0 saturated heterocycles. The second kappa shape index (κ2) is 7.40. The highest BCUT2D eigenvalue weighted by molar-refractivity contribution is 9.10. The van der Waals surface area contributed by atoms with E-state index < -0.39 is 0 Å². The molecule has 5 nitrogen and oxygen atoms in total. The van der Waals surface area contributed by atoms with Crippen molar-refractivity contribution in [2.45, 2.75) is 20.4 Å². The van der Waals surface area contributed by atoms with Crippen LogP contribution in [0, 0.1) is 0 Å². The van der Waals surface area contributed by atoms with Crippen LogP contribution in [0.4, 0.5) is 5.82 Å². The largest absolute Gasteiger partial charge is 0.363 e. The molecule has 3 aromatic heterocycles. The van der Waals surface area contributed by atoms with E-state index in [0.29, 0.717) is 6.54 Å². The van der Waals surface area contributed by atoms with Crippen molar-refractivity contribution in [1.29, 1.82) is 0 Å². The molecule has 0 radical (unpaired) electrons. The molecule has 0 aliphatic rings. The zero-order valence-corrected chi connectivity index (χ0v) is 15.2. The van der Waals surface area contributed by atoms with Crippen molar-refractivity contribution in [1.82, 2.24) is 19.4 Å². The summed E-state index contributed by atoms with van der Waals surface area (Å²) in [5.74, 6) is 0.749. The van der Waals surface area contributed by atoms with Crippen LogP contribution in [0.5, 0.6) is 0 Å². The summed E-state index contributed by atoms with van der Waals surface area (Å²) in [5, 5.41) is 3.38. The fraction of sp³-hybridized carbons (Fsp3) is 0.167. The van der Waals surface area contributed by atoms with E-state index in [-0.39, 0.29) is 0 Å². The van der Waals surface area contributed by atoms with Gasteiger partial charge in [-0.3, -0.25) is 9.38 Å². The molecule has 3 aromatic rings. The van der Waals surface area contributed by atoms with Gasteiger partial charge in [0, 0.05) is 25.1 Å². The molecule has 1 N–H and O–H groups in total. The predicted octanol–water partition coefficient (Wildman–Crippen LogP) is 4.48.